The Hall–Kier alpha value is -1.41. The highest BCUT2D eigenvalue weighted by atomic mass is 28.4. The van der Waals surface area contributed by atoms with E-state index in [0.717, 1.165) is 28.6 Å². The summed E-state index contributed by atoms with van der Waals surface area (Å²) in [7, 11) is -1.83. The molecule has 0 amide bonds. The summed E-state index contributed by atoms with van der Waals surface area (Å²) >= 11 is 0. The first kappa shape index (κ1) is 21.3. The Labute approximate surface area is 168 Å². The fraction of sp³-hybridized carbons (Fsp3) is 0.667. The first-order valence-corrected chi connectivity index (χ1v) is 13.0. The Balaban J connectivity index is 1.83. The predicted octanol–water partition coefficient (Wildman–Crippen LogP) is 3.76. The molecule has 0 aliphatic carbocycles. The molecule has 0 saturated heterocycles. The van der Waals surface area contributed by atoms with E-state index in [4.69, 9.17) is 19.0 Å². The van der Waals surface area contributed by atoms with Crippen molar-refractivity contribution in [3.8, 4) is 5.75 Å². The highest BCUT2D eigenvalue weighted by molar-refractivity contribution is 6.74. The predicted molar refractivity (Wildman–Crippen MR) is 114 cm³/mol. The van der Waals surface area contributed by atoms with Crippen LogP contribution in [0.5, 0.6) is 5.75 Å². The van der Waals surface area contributed by atoms with Gasteiger partial charge in [0.05, 0.1) is 43.7 Å². The van der Waals surface area contributed by atoms with Crippen LogP contribution >= 0.6 is 0 Å². The van der Waals surface area contributed by atoms with E-state index in [-0.39, 0.29) is 23.9 Å². The van der Waals surface area contributed by atoms with Crippen molar-refractivity contribution in [1.82, 2.24) is 9.78 Å². The summed E-state index contributed by atoms with van der Waals surface area (Å²) in [6.45, 7) is 15.0. The maximum atomic E-state index is 9.03. The minimum absolute atomic E-state index is 0.0216. The molecule has 7 heteroatoms. The number of hydrogen-bond donors (Lipinski definition) is 1. The first-order valence-electron chi connectivity index (χ1n) is 10.1. The molecule has 1 aliphatic rings. The summed E-state index contributed by atoms with van der Waals surface area (Å²) in [4.78, 5) is 0. The van der Waals surface area contributed by atoms with Crippen LogP contribution in [-0.2, 0) is 22.1 Å². The summed E-state index contributed by atoms with van der Waals surface area (Å²) in [5.74, 6) is 0.899. The monoisotopic (exact) mass is 406 g/mol. The maximum Gasteiger partial charge on any atom is 0.192 e. The van der Waals surface area contributed by atoms with Crippen molar-refractivity contribution in [2.45, 2.75) is 71.0 Å². The Morgan fingerprint density at radius 2 is 2.11 bits per heavy atom. The Morgan fingerprint density at radius 1 is 1.36 bits per heavy atom. The van der Waals surface area contributed by atoms with Crippen LogP contribution in [0.15, 0.2) is 18.3 Å². The molecule has 2 atom stereocenters. The third-order valence-electron chi connectivity index (χ3n) is 5.90. The zero-order valence-electron chi connectivity index (χ0n) is 18.0. The minimum atomic E-state index is -1.83. The number of nitrogens with zero attached hydrogens (tertiary/aromatic N) is 2. The van der Waals surface area contributed by atoms with Crippen LogP contribution in [0.3, 0.4) is 0 Å². The second-order valence-electron chi connectivity index (χ2n) is 9.23. The van der Waals surface area contributed by atoms with Crippen molar-refractivity contribution in [2.75, 3.05) is 19.8 Å². The lowest BCUT2D eigenvalue weighted by atomic mass is 10.0. The smallest absolute Gasteiger partial charge is 0.192 e. The van der Waals surface area contributed by atoms with Crippen LogP contribution < -0.4 is 4.74 Å². The standard InChI is InChI=1S/C21H34N2O4Si/c1-15(27-28(5,6)21(2,3)4)13-23-20-16(12-22-23)7-8-19-18(20)11-17(14-26-19)25-10-9-24/h7-8,12,15,17,24H,9-11,13-14H2,1-6H3/t15-,17-/m1/s1. The summed E-state index contributed by atoms with van der Waals surface area (Å²) in [5.41, 5.74) is 2.23. The summed E-state index contributed by atoms with van der Waals surface area (Å²) in [6.07, 6.45) is 2.70. The summed E-state index contributed by atoms with van der Waals surface area (Å²) in [5, 5.41) is 15.0. The van der Waals surface area contributed by atoms with E-state index in [1.54, 1.807) is 0 Å². The Morgan fingerprint density at radius 3 is 2.79 bits per heavy atom. The SMILES string of the molecule is C[C@H](Cn1ncc2ccc3c(c21)C[C@@H](OCCO)CO3)O[Si](C)(C)C(C)(C)C. The molecule has 0 fully saturated rings. The van der Waals surface area contributed by atoms with Gasteiger partial charge in [-0.15, -0.1) is 0 Å². The third-order valence-corrected chi connectivity index (χ3v) is 10.5. The molecular weight excluding hydrogens is 372 g/mol. The van der Waals surface area contributed by atoms with Crippen LogP contribution in [0.2, 0.25) is 18.1 Å². The van der Waals surface area contributed by atoms with Gasteiger partial charge < -0.3 is 19.0 Å². The van der Waals surface area contributed by atoms with Gasteiger partial charge in [-0.25, -0.2) is 0 Å². The largest absolute Gasteiger partial charge is 0.491 e. The van der Waals surface area contributed by atoms with E-state index in [0.29, 0.717) is 19.8 Å². The fourth-order valence-corrected chi connectivity index (χ4v) is 4.90. The molecule has 0 spiro atoms. The molecule has 1 aliphatic heterocycles. The van der Waals surface area contributed by atoms with Gasteiger partial charge >= 0.3 is 0 Å². The van der Waals surface area contributed by atoms with Gasteiger partial charge in [-0.3, -0.25) is 4.68 Å². The van der Waals surface area contributed by atoms with E-state index in [2.05, 4.69) is 52.0 Å². The number of aliphatic hydroxyl groups excluding tert-OH is 1. The molecule has 0 bridgehead atoms. The number of rotatable bonds is 7. The molecule has 3 rings (SSSR count). The van der Waals surface area contributed by atoms with Crippen molar-refractivity contribution in [1.29, 1.82) is 0 Å². The Bertz CT molecular complexity index is 813. The van der Waals surface area contributed by atoms with E-state index in [1.807, 2.05) is 16.9 Å². The highest BCUT2D eigenvalue weighted by Crippen LogP contribution is 2.38. The molecule has 6 nitrogen and oxygen atoms in total. The zero-order valence-corrected chi connectivity index (χ0v) is 19.0. The van der Waals surface area contributed by atoms with Gasteiger partial charge in [-0.2, -0.15) is 5.10 Å². The van der Waals surface area contributed by atoms with E-state index in [1.165, 1.54) is 0 Å². The molecule has 28 heavy (non-hydrogen) atoms. The molecule has 0 unspecified atom stereocenters. The summed E-state index contributed by atoms with van der Waals surface area (Å²) in [6, 6.07) is 4.08. The molecule has 2 heterocycles. The lowest BCUT2D eigenvalue weighted by Crippen LogP contribution is -2.44. The molecule has 0 saturated carbocycles. The van der Waals surface area contributed by atoms with Gasteiger partial charge in [0.1, 0.15) is 12.4 Å². The van der Waals surface area contributed by atoms with Gasteiger partial charge in [0.15, 0.2) is 8.32 Å². The number of benzene rings is 1. The molecule has 2 aromatic rings. The van der Waals surface area contributed by atoms with Crippen LogP contribution in [-0.4, -0.2) is 55.2 Å². The number of hydrogen-bond acceptors (Lipinski definition) is 5. The first-order chi connectivity index (χ1) is 13.1. The quantitative estimate of drug-likeness (QED) is 0.709. The van der Waals surface area contributed by atoms with Crippen LogP contribution in [0.25, 0.3) is 10.9 Å². The average molecular weight is 407 g/mol. The molecule has 1 aromatic carbocycles. The number of ether oxygens (including phenoxy) is 2. The van der Waals surface area contributed by atoms with E-state index >= 15 is 0 Å². The van der Waals surface area contributed by atoms with Crippen LogP contribution in [0.4, 0.5) is 0 Å². The number of aliphatic hydroxyl groups is 1. The molecular formula is C21H34N2O4Si. The average Bonchev–Trinajstić information content (AvgIpc) is 3.01. The van der Waals surface area contributed by atoms with Crippen molar-refractivity contribution in [3.05, 3.63) is 23.9 Å². The van der Waals surface area contributed by atoms with E-state index in [9.17, 15) is 0 Å². The fourth-order valence-electron chi connectivity index (χ4n) is 3.46. The van der Waals surface area contributed by atoms with Gasteiger partial charge in [-0.1, -0.05) is 20.8 Å². The second kappa shape index (κ2) is 8.14. The molecule has 1 N–H and O–H groups in total. The van der Waals surface area contributed by atoms with Crippen LogP contribution in [0.1, 0.15) is 33.3 Å². The second-order valence-corrected chi connectivity index (χ2v) is 14.0. The molecule has 1 aromatic heterocycles. The highest BCUT2D eigenvalue weighted by Gasteiger charge is 2.38. The van der Waals surface area contributed by atoms with Crippen molar-refractivity contribution < 1.29 is 19.0 Å². The van der Waals surface area contributed by atoms with Crippen molar-refractivity contribution in [2.24, 2.45) is 0 Å². The topological polar surface area (TPSA) is 65.7 Å². The minimum Gasteiger partial charge on any atom is -0.491 e. The van der Waals surface area contributed by atoms with Crippen LogP contribution in [0, 0.1) is 0 Å². The summed E-state index contributed by atoms with van der Waals surface area (Å²) < 4.78 is 20.2. The maximum absolute atomic E-state index is 9.03. The molecule has 0 radical (unpaired) electrons. The number of aromatic nitrogens is 2. The van der Waals surface area contributed by atoms with Gasteiger partial charge in [-0.05, 0) is 37.2 Å². The third kappa shape index (κ3) is 4.43. The van der Waals surface area contributed by atoms with Crippen molar-refractivity contribution in [3.63, 3.8) is 0 Å². The van der Waals surface area contributed by atoms with Gasteiger partial charge in [0.2, 0.25) is 0 Å². The van der Waals surface area contributed by atoms with Gasteiger partial charge in [0.25, 0.3) is 0 Å². The lowest BCUT2D eigenvalue weighted by Gasteiger charge is -2.38. The lowest BCUT2D eigenvalue weighted by molar-refractivity contribution is -0.00442. The van der Waals surface area contributed by atoms with E-state index < -0.39 is 8.32 Å². The zero-order chi connectivity index (χ0) is 20.5. The van der Waals surface area contributed by atoms with Gasteiger partial charge in [0, 0.05) is 17.4 Å². The number of fused-ring (bicyclic) bond motifs is 3. The molecule has 156 valence electrons. The van der Waals surface area contributed by atoms with Crippen molar-refractivity contribution >= 4 is 19.2 Å². The Kier molecular flexibility index (Phi) is 6.19. The normalized spacial score (nSPS) is 18.8.